The molecule has 0 bridgehead atoms. The van der Waals surface area contributed by atoms with E-state index in [4.69, 9.17) is 4.74 Å². The highest BCUT2D eigenvalue weighted by molar-refractivity contribution is 4.68. The van der Waals surface area contributed by atoms with E-state index in [1.165, 1.54) is 19.4 Å². The Bertz CT molecular complexity index is 156. The third kappa shape index (κ3) is 6.13. The van der Waals surface area contributed by atoms with Crippen molar-refractivity contribution in [2.24, 2.45) is 5.92 Å². The highest BCUT2D eigenvalue weighted by atomic mass is 16.5. The van der Waals surface area contributed by atoms with Crippen LogP contribution in [0, 0.1) is 5.92 Å². The molecule has 0 aromatic carbocycles. The van der Waals surface area contributed by atoms with Crippen molar-refractivity contribution in [3.05, 3.63) is 0 Å². The molecule has 15 heavy (non-hydrogen) atoms. The minimum atomic E-state index is 0.599. The van der Waals surface area contributed by atoms with Crippen LogP contribution in [0.2, 0.25) is 0 Å². The van der Waals surface area contributed by atoms with E-state index in [0.29, 0.717) is 6.04 Å². The molecule has 0 atom stereocenters. The molecule has 1 N–H and O–H groups in total. The third-order valence-corrected chi connectivity index (χ3v) is 2.96. The van der Waals surface area contributed by atoms with Crippen molar-refractivity contribution in [1.82, 2.24) is 10.2 Å². The van der Waals surface area contributed by atoms with Crippen molar-refractivity contribution in [2.45, 2.75) is 32.7 Å². The maximum absolute atomic E-state index is 5.36. The molecule has 1 aliphatic heterocycles. The van der Waals surface area contributed by atoms with Gasteiger partial charge in [-0.1, -0.05) is 13.8 Å². The van der Waals surface area contributed by atoms with Crippen LogP contribution in [0.15, 0.2) is 0 Å². The molecule has 0 amide bonds. The van der Waals surface area contributed by atoms with E-state index in [2.05, 4.69) is 31.1 Å². The second kappa shape index (κ2) is 7.20. The van der Waals surface area contributed by atoms with Crippen molar-refractivity contribution in [3.63, 3.8) is 0 Å². The smallest absolute Gasteiger partial charge is 0.0469 e. The van der Waals surface area contributed by atoms with Crippen LogP contribution in [0.5, 0.6) is 0 Å². The Balaban J connectivity index is 2.03. The van der Waals surface area contributed by atoms with Gasteiger partial charge in [-0.15, -0.1) is 0 Å². The first-order valence-electron chi connectivity index (χ1n) is 6.18. The largest absolute Gasteiger partial charge is 0.381 e. The number of hydrogen-bond acceptors (Lipinski definition) is 3. The molecule has 1 fully saturated rings. The van der Waals surface area contributed by atoms with Crippen LogP contribution in [0.25, 0.3) is 0 Å². The zero-order valence-electron chi connectivity index (χ0n) is 10.5. The summed E-state index contributed by atoms with van der Waals surface area (Å²) in [6.07, 6.45) is 2.48. The molecule has 90 valence electrons. The van der Waals surface area contributed by atoms with E-state index in [9.17, 15) is 0 Å². The second-order valence-electron chi connectivity index (χ2n) is 4.93. The van der Waals surface area contributed by atoms with Gasteiger partial charge in [0.15, 0.2) is 0 Å². The van der Waals surface area contributed by atoms with Gasteiger partial charge in [-0.3, -0.25) is 0 Å². The summed E-state index contributed by atoms with van der Waals surface area (Å²) in [7, 11) is 2.22. The van der Waals surface area contributed by atoms with E-state index in [1.54, 1.807) is 0 Å². The van der Waals surface area contributed by atoms with Crippen molar-refractivity contribution < 1.29 is 4.74 Å². The minimum absolute atomic E-state index is 0.599. The summed E-state index contributed by atoms with van der Waals surface area (Å²) in [4.78, 5) is 2.44. The predicted octanol–water partition coefficient (Wildman–Crippen LogP) is 1.34. The van der Waals surface area contributed by atoms with Crippen LogP contribution in [-0.4, -0.2) is 50.8 Å². The second-order valence-corrected chi connectivity index (χ2v) is 4.93. The summed E-state index contributed by atoms with van der Waals surface area (Å²) < 4.78 is 5.36. The van der Waals surface area contributed by atoms with Crippen molar-refractivity contribution in [3.8, 4) is 0 Å². The monoisotopic (exact) mass is 214 g/mol. The molecule has 0 unspecified atom stereocenters. The number of ether oxygens (including phenoxy) is 1. The summed E-state index contributed by atoms with van der Waals surface area (Å²) in [5, 5.41) is 3.45. The maximum Gasteiger partial charge on any atom is 0.0469 e. The summed E-state index contributed by atoms with van der Waals surface area (Å²) in [5.41, 5.74) is 0. The van der Waals surface area contributed by atoms with Crippen LogP contribution >= 0.6 is 0 Å². The van der Waals surface area contributed by atoms with Gasteiger partial charge < -0.3 is 15.0 Å². The van der Waals surface area contributed by atoms with E-state index >= 15 is 0 Å². The van der Waals surface area contributed by atoms with Crippen molar-refractivity contribution >= 4 is 0 Å². The third-order valence-electron chi connectivity index (χ3n) is 2.96. The predicted molar refractivity (Wildman–Crippen MR) is 64.2 cm³/mol. The van der Waals surface area contributed by atoms with E-state index < -0.39 is 0 Å². The molecular formula is C12H26N2O. The molecule has 0 aliphatic carbocycles. The Morgan fingerprint density at radius 3 is 2.60 bits per heavy atom. The molecule has 0 spiro atoms. The van der Waals surface area contributed by atoms with Crippen LogP contribution < -0.4 is 5.32 Å². The van der Waals surface area contributed by atoms with Crippen molar-refractivity contribution in [1.29, 1.82) is 0 Å². The van der Waals surface area contributed by atoms with E-state index in [1.807, 2.05) is 0 Å². The fraction of sp³-hybridized carbons (Fsp3) is 1.00. The van der Waals surface area contributed by atoms with Crippen LogP contribution in [0.3, 0.4) is 0 Å². The van der Waals surface area contributed by atoms with Gasteiger partial charge in [-0.25, -0.2) is 0 Å². The van der Waals surface area contributed by atoms with Crippen molar-refractivity contribution in [2.75, 3.05) is 39.9 Å². The number of nitrogens with zero attached hydrogens (tertiary/aromatic N) is 1. The molecule has 1 saturated heterocycles. The molecule has 1 aliphatic rings. The minimum Gasteiger partial charge on any atom is -0.381 e. The molecule has 1 heterocycles. The zero-order chi connectivity index (χ0) is 11.1. The first kappa shape index (κ1) is 12.9. The average molecular weight is 214 g/mol. The normalized spacial score (nSPS) is 19.0. The lowest BCUT2D eigenvalue weighted by Crippen LogP contribution is -2.36. The van der Waals surface area contributed by atoms with Gasteiger partial charge >= 0.3 is 0 Å². The standard InChI is InChI=1S/C12H26N2O/c1-11(2)13-6-7-14(3)10-12-4-8-15-9-5-12/h11-13H,4-10H2,1-3H3. The molecule has 3 nitrogen and oxygen atoms in total. The average Bonchev–Trinajstić information content (AvgIpc) is 2.18. The Morgan fingerprint density at radius 1 is 1.33 bits per heavy atom. The summed E-state index contributed by atoms with van der Waals surface area (Å²) in [6.45, 7) is 9.78. The van der Waals surface area contributed by atoms with Gasteiger partial charge in [-0.2, -0.15) is 0 Å². The molecule has 0 radical (unpaired) electrons. The Morgan fingerprint density at radius 2 is 2.00 bits per heavy atom. The number of likely N-dealkylation sites (N-methyl/N-ethyl adjacent to an activating group) is 1. The molecule has 3 heteroatoms. The van der Waals surface area contributed by atoms with Gasteiger partial charge in [0, 0.05) is 38.9 Å². The number of rotatable bonds is 6. The lowest BCUT2D eigenvalue weighted by Gasteiger charge is -2.27. The molecule has 0 saturated carbocycles. The SMILES string of the molecule is CC(C)NCCN(C)CC1CCOCC1. The fourth-order valence-electron chi connectivity index (χ4n) is 2.01. The number of nitrogens with one attached hydrogen (secondary N) is 1. The van der Waals surface area contributed by atoms with Crippen LogP contribution in [0.4, 0.5) is 0 Å². The lowest BCUT2D eigenvalue weighted by atomic mass is 10.00. The van der Waals surface area contributed by atoms with Crippen LogP contribution in [-0.2, 0) is 4.74 Å². The van der Waals surface area contributed by atoms with E-state index in [0.717, 1.165) is 32.2 Å². The first-order chi connectivity index (χ1) is 7.18. The first-order valence-corrected chi connectivity index (χ1v) is 6.18. The van der Waals surface area contributed by atoms with Gasteiger partial charge in [0.2, 0.25) is 0 Å². The van der Waals surface area contributed by atoms with Gasteiger partial charge in [0.1, 0.15) is 0 Å². The Kier molecular flexibility index (Phi) is 6.22. The summed E-state index contributed by atoms with van der Waals surface area (Å²) in [5.74, 6) is 0.850. The Labute approximate surface area is 94.2 Å². The topological polar surface area (TPSA) is 24.5 Å². The highest BCUT2D eigenvalue weighted by Gasteiger charge is 2.15. The highest BCUT2D eigenvalue weighted by Crippen LogP contribution is 2.15. The maximum atomic E-state index is 5.36. The van der Waals surface area contributed by atoms with E-state index in [-0.39, 0.29) is 0 Å². The molecule has 0 aromatic rings. The molecular weight excluding hydrogens is 188 g/mol. The van der Waals surface area contributed by atoms with Gasteiger partial charge in [-0.05, 0) is 25.8 Å². The fourth-order valence-corrected chi connectivity index (χ4v) is 2.01. The Hall–Kier alpha value is -0.120. The molecule has 0 aromatic heterocycles. The zero-order valence-corrected chi connectivity index (χ0v) is 10.5. The molecule has 1 rings (SSSR count). The lowest BCUT2D eigenvalue weighted by molar-refractivity contribution is 0.0558. The number of hydrogen-bond donors (Lipinski definition) is 1. The van der Waals surface area contributed by atoms with Gasteiger partial charge in [0.05, 0.1) is 0 Å². The van der Waals surface area contributed by atoms with Crippen LogP contribution in [0.1, 0.15) is 26.7 Å². The summed E-state index contributed by atoms with van der Waals surface area (Å²) in [6, 6.07) is 0.599. The summed E-state index contributed by atoms with van der Waals surface area (Å²) >= 11 is 0. The van der Waals surface area contributed by atoms with Gasteiger partial charge in [0.25, 0.3) is 0 Å². The quantitative estimate of drug-likeness (QED) is 0.722.